The van der Waals surface area contributed by atoms with Crippen molar-refractivity contribution in [3.63, 3.8) is 0 Å². The molecule has 1 fully saturated rings. The largest absolute Gasteiger partial charge is 0.378 e. The number of aromatic nitrogens is 2. The number of amides is 1. The normalized spacial score (nSPS) is 15.3. The van der Waals surface area contributed by atoms with Crippen LogP contribution in [0.3, 0.4) is 0 Å². The number of carbonyl (C=O) groups is 1. The first-order chi connectivity index (χ1) is 14.5. The molecular formula is C22H22ClN3O4. The highest BCUT2D eigenvalue weighted by atomic mass is 35.5. The van der Waals surface area contributed by atoms with Crippen LogP contribution in [0.1, 0.15) is 18.5 Å². The number of hydrogen-bond donors (Lipinski definition) is 0. The second kappa shape index (κ2) is 8.45. The molecule has 0 bridgehead atoms. The molecule has 1 unspecified atom stereocenters. The monoisotopic (exact) mass is 427 g/mol. The van der Waals surface area contributed by atoms with Crippen LogP contribution < -0.4 is 11.2 Å². The summed E-state index contributed by atoms with van der Waals surface area (Å²) < 4.78 is 7.87. The van der Waals surface area contributed by atoms with Gasteiger partial charge in [-0.25, -0.2) is 4.79 Å². The van der Waals surface area contributed by atoms with E-state index in [1.165, 1.54) is 9.13 Å². The number of hydrogen-bond acceptors (Lipinski definition) is 4. The summed E-state index contributed by atoms with van der Waals surface area (Å²) in [5.41, 5.74) is 0.241. The maximum absolute atomic E-state index is 13.4. The van der Waals surface area contributed by atoms with Crippen LogP contribution in [0.4, 0.5) is 0 Å². The number of nitrogens with zero attached hydrogens (tertiary/aromatic N) is 3. The van der Waals surface area contributed by atoms with Gasteiger partial charge in [-0.3, -0.25) is 18.7 Å². The van der Waals surface area contributed by atoms with Crippen LogP contribution in [0, 0.1) is 0 Å². The third-order valence-electron chi connectivity index (χ3n) is 5.38. The molecule has 3 aromatic rings. The van der Waals surface area contributed by atoms with Gasteiger partial charge in [-0.2, -0.15) is 0 Å². The molecule has 0 spiro atoms. The van der Waals surface area contributed by atoms with E-state index >= 15 is 0 Å². The van der Waals surface area contributed by atoms with Crippen LogP contribution in [0.25, 0.3) is 10.9 Å². The van der Waals surface area contributed by atoms with Gasteiger partial charge in [0.25, 0.3) is 5.56 Å². The quantitative estimate of drug-likeness (QED) is 0.640. The molecular weight excluding hydrogens is 406 g/mol. The molecule has 1 aliphatic rings. The standard InChI is InChI=1S/C22H22ClN3O4/c1-15(20(27)24-9-11-30-12-10-24)26-19-13-17(23)7-8-18(19)21(28)25(22(26)29)14-16-5-3-2-4-6-16/h2-8,13,15H,9-12,14H2,1H3. The van der Waals surface area contributed by atoms with Gasteiger partial charge >= 0.3 is 5.69 Å². The zero-order chi connectivity index (χ0) is 21.3. The first-order valence-corrected chi connectivity index (χ1v) is 10.2. The lowest BCUT2D eigenvalue weighted by Gasteiger charge is -2.30. The van der Waals surface area contributed by atoms with Crippen LogP contribution in [-0.2, 0) is 16.1 Å². The van der Waals surface area contributed by atoms with Gasteiger partial charge in [0.05, 0.1) is 30.7 Å². The number of ether oxygens (including phenoxy) is 1. The summed E-state index contributed by atoms with van der Waals surface area (Å²) in [6.07, 6.45) is 0. The average Bonchev–Trinajstić information content (AvgIpc) is 2.77. The van der Waals surface area contributed by atoms with Crippen LogP contribution >= 0.6 is 11.6 Å². The van der Waals surface area contributed by atoms with E-state index in [1.807, 2.05) is 30.3 Å². The Labute approximate surface area is 178 Å². The van der Waals surface area contributed by atoms with Gasteiger partial charge in [0.1, 0.15) is 6.04 Å². The minimum Gasteiger partial charge on any atom is -0.378 e. The fourth-order valence-electron chi connectivity index (χ4n) is 3.79. The summed E-state index contributed by atoms with van der Waals surface area (Å²) in [4.78, 5) is 41.3. The van der Waals surface area contributed by atoms with E-state index in [0.717, 1.165) is 5.56 Å². The van der Waals surface area contributed by atoms with Crippen molar-refractivity contribution < 1.29 is 9.53 Å². The Hall–Kier alpha value is -2.90. The zero-order valence-electron chi connectivity index (χ0n) is 16.6. The van der Waals surface area contributed by atoms with Gasteiger partial charge in [0.2, 0.25) is 5.91 Å². The van der Waals surface area contributed by atoms with E-state index in [2.05, 4.69) is 0 Å². The van der Waals surface area contributed by atoms with Crippen LogP contribution in [0.5, 0.6) is 0 Å². The second-order valence-corrected chi connectivity index (χ2v) is 7.74. The second-order valence-electron chi connectivity index (χ2n) is 7.30. The number of morpholine rings is 1. The molecule has 0 N–H and O–H groups in total. The third kappa shape index (κ3) is 3.78. The van der Waals surface area contributed by atoms with Crippen molar-refractivity contribution in [2.45, 2.75) is 19.5 Å². The van der Waals surface area contributed by atoms with Crippen LogP contribution in [-0.4, -0.2) is 46.2 Å². The summed E-state index contributed by atoms with van der Waals surface area (Å²) >= 11 is 6.16. The molecule has 2 aromatic carbocycles. The Bertz CT molecular complexity index is 1200. The van der Waals surface area contributed by atoms with E-state index in [9.17, 15) is 14.4 Å². The molecule has 0 saturated carbocycles. The predicted molar refractivity (Wildman–Crippen MR) is 115 cm³/mol. The predicted octanol–water partition coefficient (Wildman–Crippen LogP) is 2.28. The molecule has 1 amide bonds. The number of rotatable bonds is 4. The molecule has 0 aliphatic carbocycles. The number of benzene rings is 2. The summed E-state index contributed by atoms with van der Waals surface area (Å²) in [7, 11) is 0. The van der Waals surface area contributed by atoms with Gasteiger partial charge < -0.3 is 9.64 Å². The molecule has 7 nitrogen and oxygen atoms in total. The van der Waals surface area contributed by atoms with Crippen molar-refractivity contribution >= 4 is 28.4 Å². The van der Waals surface area contributed by atoms with E-state index in [-0.39, 0.29) is 12.5 Å². The van der Waals surface area contributed by atoms with E-state index in [4.69, 9.17) is 16.3 Å². The molecule has 1 saturated heterocycles. The van der Waals surface area contributed by atoms with E-state index in [1.54, 1.807) is 30.0 Å². The van der Waals surface area contributed by atoms with Crippen molar-refractivity contribution in [1.29, 1.82) is 0 Å². The van der Waals surface area contributed by atoms with Crippen LogP contribution in [0.15, 0.2) is 58.1 Å². The van der Waals surface area contributed by atoms with E-state index in [0.29, 0.717) is 42.2 Å². The number of fused-ring (bicyclic) bond motifs is 1. The van der Waals surface area contributed by atoms with Gasteiger partial charge in [0, 0.05) is 18.1 Å². The first kappa shape index (κ1) is 20.4. The van der Waals surface area contributed by atoms with Gasteiger partial charge in [-0.05, 0) is 30.7 Å². The Kier molecular flexibility index (Phi) is 5.74. The molecule has 1 aliphatic heterocycles. The van der Waals surface area contributed by atoms with Crippen molar-refractivity contribution in [3.05, 3.63) is 80.0 Å². The molecule has 30 heavy (non-hydrogen) atoms. The van der Waals surface area contributed by atoms with Crippen molar-refractivity contribution in [3.8, 4) is 0 Å². The summed E-state index contributed by atoms with van der Waals surface area (Å²) in [6, 6.07) is 13.3. The van der Waals surface area contributed by atoms with Crippen molar-refractivity contribution in [2.75, 3.05) is 26.3 Å². The highest BCUT2D eigenvalue weighted by molar-refractivity contribution is 6.31. The molecule has 0 radical (unpaired) electrons. The fraction of sp³-hybridized carbons (Fsp3) is 0.318. The molecule has 1 aromatic heterocycles. The van der Waals surface area contributed by atoms with E-state index < -0.39 is 17.3 Å². The van der Waals surface area contributed by atoms with Crippen molar-refractivity contribution in [1.82, 2.24) is 14.0 Å². The number of carbonyl (C=O) groups excluding carboxylic acids is 1. The topological polar surface area (TPSA) is 73.5 Å². The SMILES string of the molecule is CC(C(=O)N1CCOCC1)n1c(=O)n(Cc2ccccc2)c(=O)c2ccc(Cl)cc21. The van der Waals surface area contributed by atoms with Gasteiger partial charge in [0.15, 0.2) is 0 Å². The highest BCUT2D eigenvalue weighted by Crippen LogP contribution is 2.20. The molecule has 4 rings (SSSR count). The molecule has 1 atom stereocenters. The Morgan fingerprint density at radius 3 is 2.50 bits per heavy atom. The first-order valence-electron chi connectivity index (χ1n) is 9.82. The molecule has 2 heterocycles. The minimum atomic E-state index is -0.792. The van der Waals surface area contributed by atoms with Gasteiger partial charge in [-0.1, -0.05) is 41.9 Å². The summed E-state index contributed by atoms with van der Waals surface area (Å²) in [5.74, 6) is -0.188. The maximum Gasteiger partial charge on any atom is 0.332 e. The minimum absolute atomic E-state index is 0.121. The zero-order valence-corrected chi connectivity index (χ0v) is 17.3. The smallest absolute Gasteiger partial charge is 0.332 e. The fourth-order valence-corrected chi connectivity index (χ4v) is 3.95. The Morgan fingerprint density at radius 2 is 1.80 bits per heavy atom. The Morgan fingerprint density at radius 1 is 1.10 bits per heavy atom. The third-order valence-corrected chi connectivity index (χ3v) is 5.62. The lowest BCUT2D eigenvalue weighted by molar-refractivity contribution is -0.138. The molecule has 156 valence electrons. The summed E-state index contributed by atoms with van der Waals surface area (Å²) in [5, 5.41) is 0.735. The lowest BCUT2D eigenvalue weighted by atomic mass is 10.2. The Balaban J connectivity index is 1.88. The average molecular weight is 428 g/mol. The number of halogens is 1. The molecule has 8 heteroatoms. The van der Waals surface area contributed by atoms with Crippen LogP contribution in [0.2, 0.25) is 5.02 Å². The summed E-state index contributed by atoms with van der Waals surface area (Å²) in [6.45, 7) is 3.67. The maximum atomic E-state index is 13.4. The lowest BCUT2D eigenvalue weighted by Crippen LogP contribution is -2.48. The van der Waals surface area contributed by atoms with Gasteiger partial charge in [-0.15, -0.1) is 0 Å². The highest BCUT2D eigenvalue weighted by Gasteiger charge is 2.27. The van der Waals surface area contributed by atoms with Crippen molar-refractivity contribution in [2.24, 2.45) is 0 Å².